The standard InChI is InChI=1S/C22H23NO3S2/c1-3-15(2)17-6-10-19(11-7-17)26-13-12-25-18-8-4-16(5-9-18)14-20-21(24)23-22(27)28-20/h4-11,14-15H,3,12-13H2,1-2H3,(H,23,24,27)/b20-14-/t15-/m0/s1. The average Bonchev–Trinajstić information content (AvgIpc) is 3.03. The maximum atomic E-state index is 11.7. The largest absolute Gasteiger partial charge is 0.490 e. The van der Waals surface area contributed by atoms with Gasteiger partial charge in [0.25, 0.3) is 5.91 Å². The third kappa shape index (κ3) is 5.59. The maximum Gasteiger partial charge on any atom is 0.263 e. The fourth-order valence-corrected chi connectivity index (χ4v) is 3.72. The van der Waals surface area contributed by atoms with Gasteiger partial charge in [-0.15, -0.1) is 0 Å². The van der Waals surface area contributed by atoms with Gasteiger partial charge in [0.2, 0.25) is 0 Å². The summed E-state index contributed by atoms with van der Waals surface area (Å²) in [5.74, 6) is 2.03. The number of hydrogen-bond donors (Lipinski definition) is 1. The molecule has 0 unspecified atom stereocenters. The third-order valence-corrected chi connectivity index (χ3v) is 5.66. The van der Waals surface area contributed by atoms with E-state index in [1.54, 1.807) is 0 Å². The molecule has 28 heavy (non-hydrogen) atoms. The molecule has 1 heterocycles. The SMILES string of the molecule is CC[C@H](C)c1ccc(OCCOc2ccc(/C=C3\SC(=S)NC3=O)cc2)cc1. The van der Waals surface area contributed by atoms with Crippen molar-refractivity contribution in [3.63, 3.8) is 0 Å². The number of ether oxygens (including phenoxy) is 2. The molecule has 0 aliphatic carbocycles. The topological polar surface area (TPSA) is 47.6 Å². The first-order valence-corrected chi connectivity index (χ1v) is 10.5. The van der Waals surface area contributed by atoms with Crippen molar-refractivity contribution in [2.45, 2.75) is 26.2 Å². The fraction of sp³-hybridized carbons (Fsp3) is 0.273. The van der Waals surface area contributed by atoms with Crippen LogP contribution in [0.5, 0.6) is 11.5 Å². The Bertz CT molecular complexity index is 860. The minimum Gasteiger partial charge on any atom is -0.490 e. The number of benzene rings is 2. The highest BCUT2D eigenvalue weighted by molar-refractivity contribution is 8.26. The molecule has 3 rings (SSSR count). The average molecular weight is 414 g/mol. The Morgan fingerprint density at radius 2 is 1.61 bits per heavy atom. The summed E-state index contributed by atoms with van der Waals surface area (Å²) in [5, 5.41) is 2.61. The van der Waals surface area contributed by atoms with Gasteiger partial charge in [0.05, 0.1) is 4.91 Å². The van der Waals surface area contributed by atoms with Crippen LogP contribution < -0.4 is 14.8 Å². The minimum absolute atomic E-state index is 0.148. The molecule has 1 saturated heterocycles. The Labute approximate surface area is 175 Å². The summed E-state index contributed by atoms with van der Waals surface area (Å²) >= 11 is 6.26. The van der Waals surface area contributed by atoms with Crippen LogP contribution in [-0.4, -0.2) is 23.4 Å². The first-order valence-electron chi connectivity index (χ1n) is 9.25. The van der Waals surface area contributed by atoms with Gasteiger partial charge in [-0.1, -0.05) is 62.1 Å². The van der Waals surface area contributed by atoms with Crippen LogP contribution in [0.1, 0.15) is 37.3 Å². The van der Waals surface area contributed by atoms with E-state index in [-0.39, 0.29) is 5.91 Å². The zero-order valence-electron chi connectivity index (χ0n) is 15.9. The van der Waals surface area contributed by atoms with Gasteiger partial charge in [-0.3, -0.25) is 4.79 Å². The Balaban J connectivity index is 1.45. The molecule has 2 aromatic rings. The van der Waals surface area contributed by atoms with Crippen LogP contribution in [-0.2, 0) is 4.79 Å². The summed E-state index contributed by atoms with van der Waals surface area (Å²) in [5.41, 5.74) is 2.25. The van der Waals surface area contributed by atoms with Crippen molar-refractivity contribution < 1.29 is 14.3 Å². The zero-order valence-corrected chi connectivity index (χ0v) is 17.6. The minimum atomic E-state index is -0.148. The summed E-state index contributed by atoms with van der Waals surface area (Å²) in [4.78, 5) is 12.3. The van der Waals surface area contributed by atoms with Crippen molar-refractivity contribution in [2.75, 3.05) is 13.2 Å². The lowest BCUT2D eigenvalue weighted by Gasteiger charge is -2.11. The molecule has 1 aliphatic heterocycles. The Morgan fingerprint density at radius 3 is 2.11 bits per heavy atom. The van der Waals surface area contributed by atoms with Crippen molar-refractivity contribution in [3.8, 4) is 11.5 Å². The second-order valence-corrected chi connectivity index (χ2v) is 8.22. The molecule has 1 fully saturated rings. The molecular formula is C22H23NO3S2. The number of carbonyl (C=O) groups excluding carboxylic acids is 1. The zero-order chi connectivity index (χ0) is 19.9. The highest BCUT2D eigenvalue weighted by atomic mass is 32.2. The second kappa shape index (κ2) is 9.75. The van der Waals surface area contributed by atoms with E-state index in [0.29, 0.717) is 28.4 Å². The highest BCUT2D eigenvalue weighted by Gasteiger charge is 2.21. The van der Waals surface area contributed by atoms with Crippen LogP contribution in [0.15, 0.2) is 53.4 Å². The predicted molar refractivity (Wildman–Crippen MR) is 119 cm³/mol. The Hall–Kier alpha value is -2.31. The van der Waals surface area contributed by atoms with E-state index in [9.17, 15) is 4.79 Å². The summed E-state index contributed by atoms with van der Waals surface area (Å²) in [7, 11) is 0. The fourth-order valence-electron chi connectivity index (χ4n) is 2.68. The van der Waals surface area contributed by atoms with Crippen molar-refractivity contribution in [2.24, 2.45) is 0 Å². The van der Waals surface area contributed by atoms with Gasteiger partial charge in [0.15, 0.2) is 0 Å². The van der Waals surface area contributed by atoms with E-state index >= 15 is 0 Å². The third-order valence-electron chi connectivity index (χ3n) is 4.50. The second-order valence-electron chi connectivity index (χ2n) is 6.50. The molecule has 146 valence electrons. The van der Waals surface area contributed by atoms with Crippen molar-refractivity contribution in [1.82, 2.24) is 5.32 Å². The predicted octanol–water partition coefficient (Wildman–Crippen LogP) is 5.15. The number of thioether (sulfide) groups is 1. The first-order chi connectivity index (χ1) is 13.5. The lowest BCUT2D eigenvalue weighted by molar-refractivity contribution is -0.115. The van der Waals surface area contributed by atoms with E-state index in [4.69, 9.17) is 21.7 Å². The molecule has 0 aromatic heterocycles. The molecule has 0 spiro atoms. The molecule has 4 nitrogen and oxygen atoms in total. The summed E-state index contributed by atoms with van der Waals surface area (Å²) in [6, 6.07) is 15.8. The number of nitrogens with one attached hydrogen (secondary N) is 1. The maximum absolute atomic E-state index is 11.7. The van der Waals surface area contributed by atoms with Crippen LogP contribution in [0.3, 0.4) is 0 Å². The van der Waals surface area contributed by atoms with Crippen LogP contribution in [0.25, 0.3) is 6.08 Å². The number of amides is 1. The molecule has 6 heteroatoms. The number of carbonyl (C=O) groups is 1. The summed E-state index contributed by atoms with van der Waals surface area (Å²) in [6.45, 7) is 5.35. The first kappa shape index (κ1) is 20.4. The smallest absolute Gasteiger partial charge is 0.263 e. The lowest BCUT2D eigenvalue weighted by Crippen LogP contribution is -2.17. The van der Waals surface area contributed by atoms with E-state index < -0.39 is 0 Å². The van der Waals surface area contributed by atoms with Gasteiger partial charge in [0, 0.05) is 0 Å². The van der Waals surface area contributed by atoms with E-state index in [0.717, 1.165) is 23.5 Å². The van der Waals surface area contributed by atoms with Gasteiger partial charge in [-0.25, -0.2) is 0 Å². The summed E-state index contributed by atoms with van der Waals surface area (Å²) < 4.78 is 11.9. The van der Waals surface area contributed by atoms with Gasteiger partial charge < -0.3 is 14.8 Å². The normalized spacial score (nSPS) is 16.1. The van der Waals surface area contributed by atoms with Gasteiger partial charge in [-0.2, -0.15) is 0 Å². The number of hydrogen-bond acceptors (Lipinski definition) is 5. The van der Waals surface area contributed by atoms with Crippen molar-refractivity contribution in [1.29, 1.82) is 0 Å². The highest BCUT2D eigenvalue weighted by Crippen LogP contribution is 2.26. The molecule has 1 N–H and O–H groups in total. The van der Waals surface area contributed by atoms with E-state index in [1.807, 2.05) is 42.5 Å². The van der Waals surface area contributed by atoms with Crippen LogP contribution in [0, 0.1) is 0 Å². The number of thiocarbonyl (C=S) groups is 1. The van der Waals surface area contributed by atoms with Crippen LogP contribution in [0.4, 0.5) is 0 Å². The van der Waals surface area contributed by atoms with Crippen molar-refractivity contribution >= 4 is 40.3 Å². The molecule has 0 bridgehead atoms. The van der Waals surface area contributed by atoms with Gasteiger partial charge in [-0.05, 0) is 53.8 Å². The van der Waals surface area contributed by atoms with Gasteiger partial charge >= 0.3 is 0 Å². The monoisotopic (exact) mass is 413 g/mol. The molecule has 1 atom stereocenters. The Kier molecular flexibility index (Phi) is 7.12. The quantitative estimate of drug-likeness (QED) is 0.369. The Morgan fingerprint density at radius 1 is 1.04 bits per heavy atom. The van der Waals surface area contributed by atoms with Crippen LogP contribution in [0.2, 0.25) is 0 Å². The molecule has 1 amide bonds. The molecule has 2 aromatic carbocycles. The number of rotatable bonds is 8. The molecule has 0 radical (unpaired) electrons. The molecule has 0 saturated carbocycles. The lowest BCUT2D eigenvalue weighted by atomic mass is 9.99. The van der Waals surface area contributed by atoms with Crippen molar-refractivity contribution in [3.05, 3.63) is 64.6 Å². The molecule has 1 aliphatic rings. The summed E-state index contributed by atoms with van der Waals surface area (Å²) in [6.07, 6.45) is 2.94. The van der Waals surface area contributed by atoms with E-state index in [2.05, 4.69) is 31.3 Å². The molecular weight excluding hydrogens is 390 g/mol. The van der Waals surface area contributed by atoms with E-state index in [1.165, 1.54) is 17.3 Å². The van der Waals surface area contributed by atoms with Gasteiger partial charge in [0.1, 0.15) is 29.0 Å². The van der Waals surface area contributed by atoms with Crippen LogP contribution >= 0.6 is 24.0 Å².